The quantitative estimate of drug-likeness (QED) is 0.815. The first-order valence-corrected chi connectivity index (χ1v) is 7.52. The van der Waals surface area contributed by atoms with Crippen molar-refractivity contribution < 1.29 is 23.1 Å². The summed E-state index contributed by atoms with van der Waals surface area (Å²) in [5, 5.41) is 11.9. The summed E-state index contributed by atoms with van der Waals surface area (Å²) < 4.78 is 36.7. The molecule has 0 atom stereocenters. The Bertz CT molecular complexity index is 672. The Morgan fingerprint density at radius 3 is 2.22 bits per heavy atom. The maximum Gasteiger partial charge on any atom is 0.446 e. The van der Waals surface area contributed by atoms with E-state index in [-0.39, 0.29) is 41.3 Å². The summed E-state index contributed by atoms with van der Waals surface area (Å²) in [4.78, 5) is 12.0. The van der Waals surface area contributed by atoms with E-state index >= 15 is 0 Å². The number of amides is 1. The average Bonchev–Trinajstić information content (AvgIpc) is 2.52. The van der Waals surface area contributed by atoms with Crippen molar-refractivity contribution in [1.29, 1.82) is 0 Å². The van der Waals surface area contributed by atoms with E-state index in [0.29, 0.717) is 5.56 Å². The third-order valence-corrected chi connectivity index (χ3v) is 3.82. The van der Waals surface area contributed by atoms with E-state index in [0.717, 1.165) is 5.56 Å². The third kappa shape index (κ3) is 5.30. The first kappa shape index (κ1) is 17.4. The summed E-state index contributed by atoms with van der Waals surface area (Å²) in [5.41, 5.74) is -2.58. The van der Waals surface area contributed by atoms with Gasteiger partial charge in [-0.2, -0.15) is 13.2 Å². The first-order chi connectivity index (χ1) is 10.9. The minimum atomic E-state index is -4.35. The number of halogens is 3. The fourth-order valence-electron chi connectivity index (χ4n) is 1.97. The molecular weight excluding hydrogens is 327 g/mol. The summed E-state index contributed by atoms with van der Waals surface area (Å²) in [7, 11) is 0. The van der Waals surface area contributed by atoms with Crippen molar-refractivity contribution in [3.63, 3.8) is 0 Å². The van der Waals surface area contributed by atoms with Crippen molar-refractivity contribution in [2.24, 2.45) is 0 Å². The van der Waals surface area contributed by atoms with Crippen LogP contribution < -0.4 is 5.32 Å². The monoisotopic (exact) mass is 341 g/mol. The van der Waals surface area contributed by atoms with Crippen LogP contribution in [-0.4, -0.2) is 16.5 Å². The van der Waals surface area contributed by atoms with E-state index in [4.69, 9.17) is 0 Å². The number of rotatable bonds is 5. The second-order valence-corrected chi connectivity index (χ2v) is 5.82. The van der Waals surface area contributed by atoms with Crippen LogP contribution in [0.15, 0.2) is 53.4 Å². The second kappa shape index (κ2) is 7.52. The van der Waals surface area contributed by atoms with Crippen LogP contribution in [0.4, 0.5) is 13.2 Å². The minimum Gasteiger partial charge on any atom is -0.392 e. The number of carbonyl (C=O) groups excluding carboxylic acids is 1. The van der Waals surface area contributed by atoms with Crippen LogP contribution in [0.5, 0.6) is 0 Å². The van der Waals surface area contributed by atoms with Crippen LogP contribution in [0.2, 0.25) is 0 Å². The fourth-order valence-corrected chi connectivity index (χ4v) is 2.51. The molecule has 0 aliphatic carbocycles. The molecule has 2 aromatic carbocycles. The number of alkyl halides is 3. The maximum atomic E-state index is 12.2. The van der Waals surface area contributed by atoms with Crippen LogP contribution in [0, 0.1) is 0 Å². The lowest BCUT2D eigenvalue weighted by Crippen LogP contribution is -2.23. The molecule has 0 fully saturated rings. The number of benzene rings is 2. The molecule has 23 heavy (non-hydrogen) atoms. The Morgan fingerprint density at radius 1 is 1.04 bits per heavy atom. The van der Waals surface area contributed by atoms with Gasteiger partial charge in [-0.15, -0.1) is 0 Å². The molecule has 0 radical (unpaired) electrons. The van der Waals surface area contributed by atoms with Gasteiger partial charge in [0.05, 0.1) is 6.61 Å². The molecule has 0 saturated carbocycles. The molecular formula is C16H14F3NO2S. The summed E-state index contributed by atoms with van der Waals surface area (Å²) in [6.07, 6.45) is 0. The van der Waals surface area contributed by atoms with Gasteiger partial charge >= 0.3 is 5.51 Å². The molecule has 122 valence electrons. The average molecular weight is 341 g/mol. The fraction of sp³-hybridized carbons (Fsp3) is 0.188. The highest BCUT2D eigenvalue weighted by atomic mass is 32.2. The first-order valence-electron chi connectivity index (χ1n) is 6.70. The number of hydrogen-bond donors (Lipinski definition) is 2. The molecule has 1 amide bonds. The number of aliphatic hydroxyl groups excluding tert-OH is 1. The van der Waals surface area contributed by atoms with Gasteiger partial charge in [0.15, 0.2) is 0 Å². The Morgan fingerprint density at radius 2 is 1.65 bits per heavy atom. The molecule has 0 aromatic heterocycles. The van der Waals surface area contributed by atoms with Gasteiger partial charge in [-0.05, 0) is 47.2 Å². The van der Waals surface area contributed by atoms with Gasteiger partial charge in [-0.25, -0.2) is 0 Å². The zero-order valence-corrected chi connectivity index (χ0v) is 12.7. The largest absolute Gasteiger partial charge is 0.446 e. The smallest absolute Gasteiger partial charge is 0.392 e. The van der Waals surface area contributed by atoms with Gasteiger partial charge in [-0.3, -0.25) is 4.79 Å². The molecule has 0 bridgehead atoms. The number of carbonyl (C=O) groups is 1. The van der Waals surface area contributed by atoms with E-state index < -0.39 is 5.51 Å². The molecule has 0 aliphatic rings. The molecule has 0 unspecified atom stereocenters. The van der Waals surface area contributed by atoms with Gasteiger partial charge in [-0.1, -0.05) is 24.3 Å². The lowest BCUT2D eigenvalue weighted by molar-refractivity contribution is -0.0328. The molecule has 0 heterocycles. The highest BCUT2D eigenvalue weighted by molar-refractivity contribution is 8.00. The highest BCUT2D eigenvalue weighted by Crippen LogP contribution is 2.36. The molecule has 2 N–H and O–H groups in total. The Kier molecular flexibility index (Phi) is 5.68. The van der Waals surface area contributed by atoms with Gasteiger partial charge in [0.1, 0.15) is 0 Å². The van der Waals surface area contributed by atoms with E-state index in [9.17, 15) is 23.1 Å². The molecule has 0 saturated heterocycles. The summed E-state index contributed by atoms with van der Waals surface area (Å²) >= 11 is -0.223. The second-order valence-electron chi connectivity index (χ2n) is 4.68. The molecule has 2 aromatic rings. The van der Waals surface area contributed by atoms with Crippen LogP contribution in [-0.2, 0) is 13.2 Å². The van der Waals surface area contributed by atoms with E-state index in [1.165, 1.54) is 24.3 Å². The van der Waals surface area contributed by atoms with E-state index in [2.05, 4.69) is 5.32 Å². The normalized spacial score (nSPS) is 11.3. The van der Waals surface area contributed by atoms with Gasteiger partial charge < -0.3 is 10.4 Å². The van der Waals surface area contributed by atoms with Crippen molar-refractivity contribution in [3.05, 3.63) is 65.2 Å². The van der Waals surface area contributed by atoms with Gasteiger partial charge in [0.2, 0.25) is 0 Å². The molecule has 2 rings (SSSR count). The van der Waals surface area contributed by atoms with Crippen molar-refractivity contribution in [3.8, 4) is 0 Å². The van der Waals surface area contributed by atoms with Crippen LogP contribution >= 0.6 is 11.8 Å². The Labute approximate surface area is 135 Å². The van der Waals surface area contributed by atoms with Gasteiger partial charge in [0.25, 0.3) is 5.91 Å². The summed E-state index contributed by atoms with van der Waals surface area (Å²) in [6.45, 7) is 0.101. The van der Waals surface area contributed by atoms with E-state index in [1.807, 2.05) is 0 Å². The topological polar surface area (TPSA) is 49.3 Å². The minimum absolute atomic E-state index is 0.0275. The molecule has 3 nitrogen and oxygen atoms in total. The number of thioether (sulfide) groups is 1. The summed E-state index contributed by atoms with van der Waals surface area (Å²) in [5.74, 6) is -0.388. The number of hydrogen-bond acceptors (Lipinski definition) is 3. The van der Waals surface area contributed by atoms with E-state index in [1.54, 1.807) is 24.3 Å². The van der Waals surface area contributed by atoms with Crippen LogP contribution in [0.25, 0.3) is 0 Å². The summed E-state index contributed by atoms with van der Waals surface area (Å²) in [6, 6.07) is 12.3. The molecule has 0 spiro atoms. The highest BCUT2D eigenvalue weighted by Gasteiger charge is 2.29. The lowest BCUT2D eigenvalue weighted by atomic mass is 10.1. The van der Waals surface area contributed by atoms with Crippen LogP contribution in [0.3, 0.4) is 0 Å². The van der Waals surface area contributed by atoms with Crippen LogP contribution in [0.1, 0.15) is 21.5 Å². The number of aliphatic hydroxyl groups is 1. The standard InChI is InChI=1S/C16H14F3NO2S/c17-16(18,19)23-14-7-5-11(6-8-14)15(22)20-9-12-3-1-2-4-13(12)10-21/h1-8,21H,9-10H2,(H,20,22). The Balaban J connectivity index is 1.98. The van der Waals surface area contributed by atoms with Crippen molar-refractivity contribution in [2.75, 3.05) is 0 Å². The maximum absolute atomic E-state index is 12.2. The predicted molar refractivity (Wildman–Crippen MR) is 81.9 cm³/mol. The zero-order valence-electron chi connectivity index (χ0n) is 11.9. The van der Waals surface area contributed by atoms with Gasteiger partial charge in [0, 0.05) is 17.0 Å². The lowest BCUT2D eigenvalue weighted by Gasteiger charge is -2.10. The Hall–Kier alpha value is -1.99. The van der Waals surface area contributed by atoms with Crippen molar-refractivity contribution >= 4 is 17.7 Å². The zero-order chi connectivity index (χ0) is 16.9. The SMILES string of the molecule is O=C(NCc1ccccc1CO)c1ccc(SC(F)(F)F)cc1. The van der Waals surface area contributed by atoms with Crippen molar-refractivity contribution in [2.45, 2.75) is 23.6 Å². The predicted octanol–water partition coefficient (Wildman–Crippen LogP) is 3.72. The molecule has 7 heteroatoms. The number of nitrogens with one attached hydrogen (secondary N) is 1. The van der Waals surface area contributed by atoms with Crippen molar-refractivity contribution in [1.82, 2.24) is 5.32 Å². The molecule has 0 aliphatic heterocycles. The third-order valence-electron chi connectivity index (χ3n) is 3.08.